The van der Waals surface area contributed by atoms with Crippen LogP contribution in [0.15, 0.2) is 46.8 Å². The van der Waals surface area contributed by atoms with Crippen LogP contribution in [0.5, 0.6) is 5.75 Å². The molecule has 0 saturated carbocycles. The number of carbonyl (C=O) groups excluding carboxylic acids is 2. The molecule has 1 saturated heterocycles. The number of benzene rings is 1. The number of thioether (sulfide) groups is 1. The van der Waals surface area contributed by atoms with E-state index in [9.17, 15) is 9.59 Å². The van der Waals surface area contributed by atoms with E-state index in [-0.39, 0.29) is 12.5 Å². The van der Waals surface area contributed by atoms with Gasteiger partial charge in [0.05, 0.1) is 17.7 Å². The van der Waals surface area contributed by atoms with Gasteiger partial charge in [0, 0.05) is 31.9 Å². The fraction of sp³-hybridized carbons (Fsp3) is 0.333. The molecule has 4 rings (SSSR count). The van der Waals surface area contributed by atoms with E-state index in [4.69, 9.17) is 9.47 Å². The first-order valence-corrected chi connectivity index (χ1v) is 12.9. The third kappa shape index (κ3) is 5.34. The maximum atomic E-state index is 12.8. The number of ether oxygens (including phenoxy) is 2. The zero-order valence-corrected chi connectivity index (χ0v) is 20.9. The minimum Gasteiger partial charge on any atom is -0.497 e. The van der Waals surface area contributed by atoms with Gasteiger partial charge in [-0.1, -0.05) is 6.07 Å². The number of aromatic nitrogens is 2. The zero-order chi connectivity index (χ0) is 24.1. The minimum absolute atomic E-state index is 0.206. The monoisotopic (exact) mass is 498 g/mol. The van der Waals surface area contributed by atoms with Crippen LogP contribution in [0, 0.1) is 6.92 Å². The van der Waals surface area contributed by atoms with Gasteiger partial charge >= 0.3 is 5.97 Å². The number of anilines is 1. The van der Waals surface area contributed by atoms with Crippen LogP contribution in [0.1, 0.15) is 16.1 Å². The standard InChI is InChI=1S/C24H26N4O4S2/c1-16-21(23(33-3)26-22(25-16)19-5-4-14-34-19)24(30)32-15-20(29)28-12-10-27(11-13-28)17-6-8-18(31-2)9-7-17/h4-9,14H,10-13,15H2,1-3H3. The smallest absolute Gasteiger partial charge is 0.343 e. The molecular weight excluding hydrogens is 472 g/mol. The van der Waals surface area contributed by atoms with E-state index in [0.29, 0.717) is 48.3 Å². The average Bonchev–Trinajstić information content (AvgIpc) is 3.42. The van der Waals surface area contributed by atoms with Crippen molar-refractivity contribution in [1.29, 1.82) is 0 Å². The molecule has 178 valence electrons. The fourth-order valence-electron chi connectivity index (χ4n) is 3.74. The lowest BCUT2D eigenvalue weighted by molar-refractivity contribution is -0.134. The van der Waals surface area contributed by atoms with E-state index >= 15 is 0 Å². The molecule has 8 nitrogen and oxygen atoms in total. The molecule has 0 N–H and O–H groups in total. The molecule has 34 heavy (non-hydrogen) atoms. The second-order valence-electron chi connectivity index (χ2n) is 7.64. The van der Waals surface area contributed by atoms with Crippen LogP contribution >= 0.6 is 23.1 Å². The van der Waals surface area contributed by atoms with E-state index < -0.39 is 5.97 Å². The number of hydrogen-bond acceptors (Lipinski definition) is 9. The van der Waals surface area contributed by atoms with Crippen molar-refractivity contribution >= 4 is 40.7 Å². The molecular formula is C24H26N4O4S2. The molecule has 0 spiro atoms. The van der Waals surface area contributed by atoms with Crippen molar-refractivity contribution in [2.24, 2.45) is 0 Å². The summed E-state index contributed by atoms with van der Waals surface area (Å²) in [5, 5.41) is 2.50. The highest BCUT2D eigenvalue weighted by Gasteiger charge is 2.25. The van der Waals surface area contributed by atoms with Crippen LogP contribution in [0.2, 0.25) is 0 Å². The molecule has 1 aliphatic heterocycles. The predicted molar refractivity (Wildman–Crippen MR) is 134 cm³/mol. The second-order valence-corrected chi connectivity index (χ2v) is 9.38. The third-order valence-corrected chi connectivity index (χ3v) is 7.14. The Bertz CT molecular complexity index is 1140. The highest BCUT2D eigenvalue weighted by molar-refractivity contribution is 7.98. The minimum atomic E-state index is -0.579. The second kappa shape index (κ2) is 10.9. The molecule has 0 aliphatic carbocycles. The first-order valence-electron chi connectivity index (χ1n) is 10.8. The average molecular weight is 499 g/mol. The van der Waals surface area contributed by atoms with Crippen molar-refractivity contribution in [2.45, 2.75) is 11.9 Å². The molecule has 2 aromatic heterocycles. The van der Waals surface area contributed by atoms with Crippen LogP contribution in [0.25, 0.3) is 10.7 Å². The van der Waals surface area contributed by atoms with Crippen LogP contribution in [-0.4, -0.2) is 72.9 Å². The molecule has 0 radical (unpaired) electrons. The van der Waals surface area contributed by atoms with Gasteiger partial charge in [0.2, 0.25) is 0 Å². The Hall–Kier alpha value is -3.11. The lowest BCUT2D eigenvalue weighted by Gasteiger charge is -2.36. The molecule has 0 atom stereocenters. The van der Waals surface area contributed by atoms with Crippen molar-refractivity contribution in [3.05, 3.63) is 53.0 Å². The number of aryl methyl sites for hydroxylation is 1. The number of piperazine rings is 1. The quantitative estimate of drug-likeness (QED) is 0.277. The molecule has 1 amide bonds. The summed E-state index contributed by atoms with van der Waals surface area (Å²) >= 11 is 2.89. The number of rotatable bonds is 7. The van der Waals surface area contributed by atoms with Gasteiger partial charge in [-0.25, -0.2) is 14.8 Å². The molecule has 1 aliphatic rings. The third-order valence-electron chi connectivity index (χ3n) is 5.59. The van der Waals surface area contributed by atoms with Gasteiger partial charge in [0.25, 0.3) is 5.91 Å². The molecule has 0 bridgehead atoms. The molecule has 1 fully saturated rings. The van der Waals surface area contributed by atoms with E-state index in [1.807, 2.05) is 48.0 Å². The fourth-order valence-corrected chi connectivity index (χ4v) is 5.01. The first kappa shape index (κ1) is 24.0. The Kier molecular flexibility index (Phi) is 7.69. The summed E-state index contributed by atoms with van der Waals surface area (Å²) in [5.41, 5.74) is 1.93. The summed E-state index contributed by atoms with van der Waals surface area (Å²) in [5.74, 6) is 0.608. The zero-order valence-electron chi connectivity index (χ0n) is 19.3. The van der Waals surface area contributed by atoms with Crippen molar-refractivity contribution in [2.75, 3.05) is 51.1 Å². The van der Waals surface area contributed by atoms with Crippen molar-refractivity contribution < 1.29 is 19.1 Å². The number of methoxy groups -OCH3 is 1. The number of thiophene rings is 1. The lowest BCUT2D eigenvalue weighted by atomic mass is 10.2. The number of nitrogens with zero attached hydrogens (tertiary/aromatic N) is 4. The van der Waals surface area contributed by atoms with Crippen molar-refractivity contribution in [1.82, 2.24) is 14.9 Å². The molecule has 10 heteroatoms. The Morgan fingerprint density at radius 1 is 1.09 bits per heavy atom. The maximum absolute atomic E-state index is 12.8. The van der Waals surface area contributed by atoms with Gasteiger partial charge in [0.1, 0.15) is 16.3 Å². The Balaban J connectivity index is 1.34. The van der Waals surface area contributed by atoms with E-state index in [0.717, 1.165) is 16.3 Å². The maximum Gasteiger partial charge on any atom is 0.343 e. The lowest BCUT2D eigenvalue weighted by Crippen LogP contribution is -2.49. The van der Waals surface area contributed by atoms with Gasteiger partial charge in [-0.3, -0.25) is 4.79 Å². The normalized spacial score (nSPS) is 13.6. The summed E-state index contributed by atoms with van der Waals surface area (Å²) < 4.78 is 10.6. The van der Waals surface area contributed by atoms with E-state index in [2.05, 4.69) is 14.9 Å². The first-order chi connectivity index (χ1) is 16.5. The Morgan fingerprint density at radius 3 is 2.44 bits per heavy atom. The van der Waals surface area contributed by atoms with Crippen LogP contribution in [-0.2, 0) is 9.53 Å². The molecule has 1 aromatic carbocycles. The summed E-state index contributed by atoms with van der Waals surface area (Å²) in [6.07, 6.45) is 1.85. The highest BCUT2D eigenvalue weighted by Crippen LogP contribution is 2.28. The summed E-state index contributed by atoms with van der Waals surface area (Å²) in [7, 11) is 1.64. The molecule has 3 heterocycles. The Labute approximate surface area is 206 Å². The number of carbonyl (C=O) groups is 2. The van der Waals surface area contributed by atoms with Gasteiger partial charge in [0.15, 0.2) is 12.4 Å². The van der Waals surface area contributed by atoms with Crippen molar-refractivity contribution in [3.8, 4) is 16.5 Å². The van der Waals surface area contributed by atoms with E-state index in [1.54, 1.807) is 18.9 Å². The Morgan fingerprint density at radius 2 is 1.82 bits per heavy atom. The summed E-state index contributed by atoms with van der Waals surface area (Å²) in [6, 6.07) is 11.7. The molecule has 0 unspecified atom stereocenters. The van der Waals surface area contributed by atoms with Gasteiger partial charge in [-0.15, -0.1) is 23.1 Å². The largest absolute Gasteiger partial charge is 0.497 e. The highest BCUT2D eigenvalue weighted by atomic mass is 32.2. The van der Waals surface area contributed by atoms with Gasteiger partial charge in [-0.05, 0) is 48.9 Å². The van der Waals surface area contributed by atoms with E-state index in [1.165, 1.54) is 23.1 Å². The number of esters is 1. The number of amides is 1. The number of hydrogen-bond donors (Lipinski definition) is 0. The van der Waals surface area contributed by atoms with Crippen LogP contribution in [0.3, 0.4) is 0 Å². The predicted octanol–water partition coefficient (Wildman–Crippen LogP) is 3.75. The topological polar surface area (TPSA) is 84.9 Å². The SMILES string of the molecule is COc1ccc(N2CCN(C(=O)COC(=O)c3c(C)nc(-c4cccs4)nc3SC)CC2)cc1. The van der Waals surface area contributed by atoms with Crippen LogP contribution in [0.4, 0.5) is 5.69 Å². The van der Waals surface area contributed by atoms with Crippen molar-refractivity contribution in [3.63, 3.8) is 0 Å². The van der Waals surface area contributed by atoms with Gasteiger partial charge in [-0.2, -0.15) is 0 Å². The summed E-state index contributed by atoms with van der Waals surface area (Å²) in [4.78, 5) is 39.4. The van der Waals surface area contributed by atoms with Crippen LogP contribution < -0.4 is 9.64 Å². The summed E-state index contributed by atoms with van der Waals surface area (Å²) in [6.45, 7) is 4.00. The van der Waals surface area contributed by atoms with Gasteiger partial charge < -0.3 is 19.3 Å². The molecule has 3 aromatic rings.